The molecular weight excluding hydrogens is 283 g/mol. The summed E-state index contributed by atoms with van der Waals surface area (Å²) >= 11 is 0. The first kappa shape index (κ1) is 15.0. The number of halogens is 3. The Kier molecular flexibility index (Phi) is 4.52. The maximum absolute atomic E-state index is 12.8. The summed E-state index contributed by atoms with van der Waals surface area (Å²) < 4.78 is 38.4. The molecule has 1 N–H and O–H groups in total. The predicted octanol–water partition coefficient (Wildman–Crippen LogP) is 2.47. The van der Waals surface area contributed by atoms with Crippen molar-refractivity contribution in [2.45, 2.75) is 12.6 Å². The van der Waals surface area contributed by atoms with Crippen molar-refractivity contribution >= 4 is 5.91 Å². The number of nitrogens with zero attached hydrogens (tertiary/aromatic N) is 2. The Bertz CT molecular complexity index is 614. The van der Waals surface area contributed by atoms with Gasteiger partial charge in [-0.25, -0.2) is 0 Å². The van der Waals surface area contributed by atoms with Gasteiger partial charge < -0.3 is 5.32 Å². The van der Waals surface area contributed by atoms with Gasteiger partial charge in [-0.1, -0.05) is 12.1 Å². The van der Waals surface area contributed by atoms with Gasteiger partial charge in [-0.05, 0) is 12.1 Å². The van der Waals surface area contributed by atoms with E-state index in [9.17, 15) is 18.0 Å². The zero-order valence-electron chi connectivity index (χ0n) is 10.9. The number of aromatic nitrogens is 2. The number of hydrogen-bond donors (Lipinski definition) is 1. The second-order valence-electron chi connectivity index (χ2n) is 4.25. The van der Waals surface area contributed by atoms with Crippen LogP contribution in [-0.2, 0) is 12.6 Å². The summed E-state index contributed by atoms with van der Waals surface area (Å²) in [6, 6.07) is 4.68. The van der Waals surface area contributed by atoms with Crippen LogP contribution in [0.15, 0.2) is 42.9 Å². The predicted molar refractivity (Wildman–Crippen MR) is 69.5 cm³/mol. The third-order valence-corrected chi connectivity index (χ3v) is 2.76. The monoisotopic (exact) mass is 295 g/mol. The van der Waals surface area contributed by atoms with E-state index in [-0.39, 0.29) is 12.1 Å². The van der Waals surface area contributed by atoms with Crippen LogP contribution in [0.4, 0.5) is 13.2 Å². The first-order valence-corrected chi connectivity index (χ1v) is 6.18. The Morgan fingerprint density at radius 2 is 1.95 bits per heavy atom. The van der Waals surface area contributed by atoms with E-state index in [0.29, 0.717) is 12.1 Å². The van der Waals surface area contributed by atoms with Gasteiger partial charge >= 0.3 is 6.18 Å². The SMILES string of the molecule is O=C(NCCc1cnccn1)c1ccccc1C(F)(F)F. The standard InChI is InChI=1S/C14H12F3N3O/c15-14(16,17)12-4-2-1-3-11(12)13(21)20-6-5-10-9-18-7-8-19-10/h1-4,7-9H,5-6H2,(H,20,21). The Balaban J connectivity index is 2.01. The molecule has 1 heterocycles. The van der Waals surface area contributed by atoms with Crippen LogP contribution < -0.4 is 5.32 Å². The molecule has 0 saturated heterocycles. The largest absolute Gasteiger partial charge is 0.417 e. The summed E-state index contributed by atoms with van der Waals surface area (Å²) in [5.41, 5.74) is -0.673. The third kappa shape index (κ3) is 4.01. The van der Waals surface area contributed by atoms with E-state index in [4.69, 9.17) is 0 Å². The van der Waals surface area contributed by atoms with Gasteiger partial charge in [-0.3, -0.25) is 14.8 Å². The van der Waals surface area contributed by atoms with E-state index in [1.165, 1.54) is 30.7 Å². The van der Waals surface area contributed by atoms with E-state index in [1.807, 2.05) is 0 Å². The van der Waals surface area contributed by atoms with Gasteiger partial charge in [0, 0.05) is 31.6 Å². The van der Waals surface area contributed by atoms with E-state index in [1.54, 1.807) is 0 Å². The molecule has 21 heavy (non-hydrogen) atoms. The van der Waals surface area contributed by atoms with E-state index in [0.717, 1.165) is 12.1 Å². The van der Waals surface area contributed by atoms with Gasteiger partial charge in [-0.2, -0.15) is 13.2 Å². The lowest BCUT2D eigenvalue weighted by molar-refractivity contribution is -0.137. The molecule has 0 saturated carbocycles. The van der Waals surface area contributed by atoms with Crippen LogP contribution in [0.25, 0.3) is 0 Å². The molecule has 7 heteroatoms. The molecule has 0 aliphatic carbocycles. The van der Waals surface area contributed by atoms with Crippen molar-refractivity contribution in [2.75, 3.05) is 6.54 Å². The summed E-state index contributed by atoms with van der Waals surface area (Å²) in [6.07, 6.45) is 0.403. The Labute approximate surface area is 119 Å². The first-order chi connectivity index (χ1) is 9.98. The molecule has 1 aromatic heterocycles. The molecule has 0 spiro atoms. The van der Waals surface area contributed by atoms with E-state index in [2.05, 4.69) is 15.3 Å². The molecular formula is C14H12F3N3O. The number of amides is 1. The Hall–Kier alpha value is -2.44. The molecule has 0 aliphatic rings. The third-order valence-electron chi connectivity index (χ3n) is 2.76. The maximum Gasteiger partial charge on any atom is 0.417 e. The maximum atomic E-state index is 12.8. The van der Waals surface area contributed by atoms with Crippen molar-refractivity contribution in [1.82, 2.24) is 15.3 Å². The van der Waals surface area contributed by atoms with E-state index < -0.39 is 17.6 Å². The van der Waals surface area contributed by atoms with Gasteiger partial charge in [0.25, 0.3) is 5.91 Å². The summed E-state index contributed by atoms with van der Waals surface area (Å²) in [4.78, 5) is 19.7. The van der Waals surface area contributed by atoms with Crippen molar-refractivity contribution in [3.8, 4) is 0 Å². The first-order valence-electron chi connectivity index (χ1n) is 6.18. The highest BCUT2D eigenvalue weighted by Gasteiger charge is 2.34. The number of benzene rings is 1. The van der Waals surface area contributed by atoms with Crippen molar-refractivity contribution in [1.29, 1.82) is 0 Å². The number of nitrogens with one attached hydrogen (secondary N) is 1. The lowest BCUT2D eigenvalue weighted by atomic mass is 10.1. The van der Waals surface area contributed by atoms with Gasteiger partial charge in [-0.15, -0.1) is 0 Å². The van der Waals surface area contributed by atoms with Crippen LogP contribution in [-0.4, -0.2) is 22.4 Å². The van der Waals surface area contributed by atoms with Crippen LogP contribution in [0.5, 0.6) is 0 Å². The average molecular weight is 295 g/mol. The molecule has 2 rings (SSSR count). The topological polar surface area (TPSA) is 54.9 Å². The molecule has 0 radical (unpaired) electrons. The lowest BCUT2D eigenvalue weighted by Crippen LogP contribution is -2.28. The molecule has 2 aromatic rings. The van der Waals surface area contributed by atoms with Crippen molar-refractivity contribution < 1.29 is 18.0 Å². The molecule has 4 nitrogen and oxygen atoms in total. The molecule has 0 aliphatic heterocycles. The van der Waals surface area contributed by atoms with Gasteiger partial charge in [0.2, 0.25) is 0 Å². The van der Waals surface area contributed by atoms with Crippen LogP contribution >= 0.6 is 0 Å². The van der Waals surface area contributed by atoms with Crippen LogP contribution in [0, 0.1) is 0 Å². The fourth-order valence-electron chi connectivity index (χ4n) is 1.79. The number of alkyl halides is 3. The molecule has 0 fully saturated rings. The Morgan fingerprint density at radius 3 is 2.62 bits per heavy atom. The van der Waals surface area contributed by atoms with Gasteiger partial charge in [0.1, 0.15) is 0 Å². The lowest BCUT2D eigenvalue weighted by Gasteiger charge is -2.12. The summed E-state index contributed by atoms with van der Waals surface area (Å²) in [5, 5.41) is 2.45. The highest BCUT2D eigenvalue weighted by Crippen LogP contribution is 2.31. The highest BCUT2D eigenvalue weighted by atomic mass is 19.4. The van der Waals surface area contributed by atoms with Crippen molar-refractivity contribution in [3.63, 3.8) is 0 Å². The second kappa shape index (κ2) is 6.34. The zero-order chi connectivity index (χ0) is 15.3. The Morgan fingerprint density at radius 1 is 1.19 bits per heavy atom. The van der Waals surface area contributed by atoms with Crippen LogP contribution in [0.3, 0.4) is 0 Å². The summed E-state index contributed by atoms with van der Waals surface area (Å²) in [6.45, 7) is 0.184. The molecule has 1 aromatic carbocycles. The smallest absolute Gasteiger partial charge is 0.352 e. The minimum atomic E-state index is -4.56. The normalized spacial score (nSPS) is 11.2. The number of hydrogen-bond acceptors (Lipinski definition) is 3. The fourth-order valence-corrected chi connectivity index (χ4v) is 1.79. The minimum Gasteiger partial charge on any atom is -0.352 e. The minimum absolute atomic E-state index is 0.184. The van der Waals surface area contributed by atoms with Gasteiger partial charge in [0.15, 0.2) is 0 Å². The number of carbonyl (C=O) groups excluding carboxylic acids is 1. The molecule has 110 valence electrons. The molecule has 0 unspecified atom stereocenters. The number of rotatable bonds is 4. The van der Waals surface area contributed by atoms with Crippen molar-refractivity contribution in [2.24, 2.45) is 0 Å². The highest BCUT2D eigenvalue weighted by molar-refractivity contribution is 5.95. The average Bonchev–Trinajstić information content (AvgIpc) is 2.47. The van der Waals surface area contributed by atoms with Gasteiger partial charge in [0.05, 0.1) is 16.8 Å². The molecule has 0 bridgehead atoms. The quantitative estimate of drug-likeness (QED) is 0.942. The fraction of sp³-hybridized carbons (Fsp3) is 0.214. The molecule has 1 amide bonds. The van der Waals surface area contributed by atoms with Crippen LogP contribution in [0.2, 0.25) is 0 Å². The summed E-state index contributed by atoms with van der Waals surface area (Å²) in [5.74, 6) is -0.758. The van der Waals surface area contributed by atoms with Crippen molar-refractivity contribution in [3.05, 3.63) is 59.7 Å². The summed E-state index contributed by atoms with van der Waals surface area (Å²) in [7, 11) is 0. The second-order valence-corrected chi connectivity index (χ2v) is 4.25. The van der Waals surface area contributed by atoms with E-state index >= 15 is 0 Å². The van der Waals surface area contributed by atoms with Crippen LogP contribution in [0.1, 0.15) is 21.6 Å². The number of carbonyl (C=O) groups is 1. The molecule has 0 atom stereocenters. The zero-order valence-corrected chi connectivity index (χ0v) is 10.9.